The Morgan fingerprint density at radius 3 is 2.74 bits per heavy atom. The maximum atomic E-state index is 13.7. The van der Waals surface area contributed by atoms with Gasteiger partial charge in [0.15, 0.2) is 0 Å². The second-order valence-electron chi connectivity index (χ2n) is 8.84. The Balaban J connectivity index is 1.48. The molecule has 1 unspecified atom stereocenters. The van der Waals surface area contributed by atoms with E-state index in [1.807, 2.05) is 13.1 Å². The second-order valence-corrected chi connectivity index (χ2v) is 8.84. The predicted octanol–water partition coefficient (Wildman–Crippen LogP) is 5.64. The molecule has 7 heteroatoms. The maximum absolute atomic E-state index is 13.7. The lowest BCUT2D eigenvalue weighted by molar-refractivity contribution is 0.459. The quantitative estimate of drug-likeness (QED) is 0.375. The summed E-state index contributed by atoms with van der Waals surface area (Å²) in [5.74, 6) is 1.33. The minimum atomic E-state index is -0.260. The van der Waals surface area contributed by atoms with E-state index in [1.54, 1.807) is 18.3 Å². The van der Waals surface area contributed by atoms with Gasteiger partial charge in [0, 0.05) is 43.5 Å². The van der Waals surface area contributed by atoms with Crippen LogP contribution in [-0.4, -0.2) is 31.1 Å². The highest BCUT2D eigenvalue weighted by molar-refractivity contribution is 5.81. The Morgan fingerprint density at radius 2 is 1.91 bits per heavy atom. The van der Waals surface area contributed by atoms with Crippen molar-refractivity contribution >= 4 is 16.9 Å². The summed E-state index contributed by atoms with van der Waals surface area (Å²) >= 11 is 0. The number of imidazole rings is 1. The van der Waals surface area contributed by atoms with Crippen LogP contribution >= 0.6 is 0 Å². The van der Waals surface area contributed by atoms with Gasteiger partial charge in [-0.3, -0.25) is 0 Å². The van der Waals surface area contributed by atoms with E-state index < -0.39 is 0 Å². The first-order valence-corrected chi connectivity index (χ1v) is 11.5. The van der Waals surface area contributed by atoms with Crippen molar-refractivity contribution in [2.24, 2.45) is 0 Å². The zero-order valence-corrected chi connectivity index (χ0v) is 19.2. The molecule has 34 heavy (non-hydrogen) atoms. The molecule has 0 aliphatic carbocycles. The van der Waals surface area contributed by atoms with E-state index in [9.17, 15) is 4.39 Å². The van der Waals surface area contributed by atoms with Crippen molar-refractivity contribution in [3.05, 3.63) is 84.2 Å². The van der Waals surface area contributed by atoms with Gasteiger partial charge in [-0.1, -0.05) is 11.6 Å². The topological polar surface area (TPSA) is 60.6 Å². The third-order valence-corrected chi connectivity index (χ3v) is 6.62. The van der Waals surface area contributed by atoms with E-state index in [-0.39, 0.29) is 11.9 Å². The number of anilines is 1. The SMILES string of the molecule is CNc1nccc(-c2c(-c3ccc(F)cc3)nc3n2C(Cn2ccc4cc(C)ccc42)CC3)n1. The highest BCUT2D eigenvalue weighted by Gasteiger charge is 2.31. The van der Waals surface area contributed by atoms with E-state index >= 15 is 0 Å². The minimum Gasteiger partial charge on any atom is -0.357 e. The average Bonchev–Trinajstić information content (AvgIpc) is 3.54. The minimum absolute atomic E-state index is 0.233. The highest BCUT2D eigenvalue weighted by Crippen LogP contribution is 2.40. The van der Waals surface area contributed by atoms with E-state index in [0.717, 1.165) is 47.9 Å². The van der Waals surface area contributed by atoms with Crippen LogP contribution in [0, 0.1) is 12.7 Å². The lowest BCUT2D eigenvalue weighted by atomic mass is 10.1. The monoisotopic (exact) mass is 452 g/mol. The van der Waals surface area contributed by atoms with Crippen LogP contribution in [0.1, 0.15) is 23.9 Å². The normalized spacial score (nSPS) is 15.1. The molecule has 1 N–H and O–H groups in total. The molecule has 4 heterocycles. The van der Waals surface area contributed by atoms with Crippen LogP contribution in [0.15, 0.2) is 67.0 Å². The van der Waals surface area contributed by atoms with E-state index in [2.05, 4.69) is 56.8 Å². The van der Waals surface area contributed by atoms with Crippen LogP contribution < -0.4 is 5.32 Å². The summed E-state index contributed by atoms with van der Waals surface area (Å²) in [5.41, 5.74) is 5.96. The van der Waals surface area contributed by atoms with E-state index in [1.165, 1.54) is 28.6 Å². The standard InChI is InChI=1S/C27H25FN6/c1-17-3-9-23-19(15-17)12-14-33(23)16-21-8-10-24-32-25(18-4-6-20(28)7-5-18)26(34(21)24)22-11-13-30-27(29-2)31-22/h3-7,9,11-15,21H,8,10,16H2,1-2H3,(H,29,30,31). The van der Waals surface area contributed by atoms with Crippen molar-refractivity contribution in [3.63, 3.8) is 0 Å². The molecule has 2 aromatic carbocycles. The number of aromatic nitrogens is 5. The summed E-state index contributed by atoms with van der Waals surface area (Å²) in [6.07, 6.45) is 5.83. The molecule has 0 fully saturated rings. The number of hydrogen-bond donors (Lipinski definition) is 1. The average molecular weight is 453 g/mol. The molecule has 0 saturated carbocycles. The lowest BCUT2D eigenvalue weighted by Crippen LogP contribution is -2.13. The van der Waals surface area contributed by atoms with Crippen molar-refractivity contribution in [3.8, 4) is 22.6 Å². The smallest absolute Gasteiger partial charge is 0.222 e. The maximum Gasteiger partial charge on any atom is 0.222 e. The first-order valence-electron chi connectivity index (χ1n) is 11.5. The first kappa shape index (κ1) is 20.6. The van der Waals surface area contributed by atoms with Gasteiger partial charge in [0.05, 0.1) is 23.1 Å². The van der Waals surface area contributed by atoms with Crippen molar-refractivity contribution < 1.29 is 4.39 Å². The van der Waals surface area contributed by atoms with Crippen molar-refractivity contribution in [1.82, 2.24) is 24.1 Å². The van der Waals surface area contributed by atoms with E-state index in [0.29, 0.717) is 5.95 Å². The van der Waals surface area contributed by atoms with Crippen LogP contribution in [-0.2, 0) is 13.0 Å². The van der Waals surface area contributed by atoms with Gasteiger partial charge in [0.25, 0.3) is 0 Å². The molecule has 5 aromatic rings. The van der Waals surface area contributed by atoms with Gasteiger partial charge in [0.1, 0.15) is 11.6 Å². The van der Waals surface area contributed by atoms with E-state index in [4.69, 9.17) is 9.97 Å². The molecule has 3 aromatic heterocycles. The molecule has 0 radical (unpaired) electrons. The zero-order chi connectivity index (χ0) is 23.2. The summed E-state index contributed by atoms with van der Waals surface area (Å²) < 4.78 is 18.3. The van der Waals surface area contributed by atoms with Gasteiger partial charge < -0.3 is 14.5 Å². The first-order chi connectivity index (χ1) is 16.6. The summed E-state index contributed by atoms with van der Waals surface area (Å²) in [6.45, 7) is 2.96. The fraction of sp³-hybridized carbons (Fsp3) is 0.222. The summed E-state index contributed by atoms with van der Waals surface area (Å²) in [7, 11) is 1.81. The summed E-state index contributed by atoms with van der Waals surface area (Å²) in [6, 6.07) is 17.4. The molecule has 0 bridgehead atoms. The van der Waals surface area contributed by atoms with Gasteiger partial charge in [-0.15, -0.1) is 0 Å². The Morgan fingerprint density at radius 1 is 1.06 bits per heavy atom. The lowest BCUT2D eigenvalue weighted by Gasteiger charge is -2.19. The molecule has 6 rings (SSSR count). The number of halogens is 1. The van der Waals surface area contributed by atoms with Gasteiger partial charge in [0.2, 0.25) is 5.95 Å². The van der Waals surface area contributed by atoms with Crippen LogP contribution in [0.5, 0.6) is 0 Å². The highest BCUT2D eigenvalue weighted by atomic mass is 19.1. The van der Waals surface area contributed by atoms with Gasteiger partial charge in [-0.2, -0.15) is 0 Å². The Labute approximate surface area is 197 Å². The molecule has 1 atom stereocenters. The van der Waals surface area contributed by atoms with Crippen LogP contribution in [0.2, 0.25) is 0 Å². The van der Waals surface area contributed by atoms with Crippen LogP contribution in [0.3, 0.4) is 0 Å². The number of fused-ring (bicyclic) bond motifs is 2. The Hall–Kier alpha value is -4.00. The number of nitrogens with one attached hydrogen (secondary N) is 1. The molecular weight excluding hydrogens is 427 g/mol. The number of rotatable bonds is 5. The summed E-state index contributed by atoms with van der Waals surface area (Å²) in [4.78, 5) is 14.1. The van der Waals surface area contributed by atoms with Crippen molar-refractivity contribution in [2.45, 2.75) is 32.4 Å². The molecule has 1 aliphatic rings. The molecular formula is C27H25FN6. The zero-order valence-electron chi connectivity index (χ0n) is 19.2. The molecule has 0 saturated heterocycles. The third kappa shape index (κ3) is 3.44. The number of aryl methyl sites for hydroxylation is 2. The molecule has 1 aliphatic heterocycles. The van der Waals surface area contributed by atoms with Crippen LogP contribution in [0.4, 0.5) is 10.3 Å². The largest absolute Gasteiger partial charge is 0.357 e. The predicted molar refractivity (Wildman–Crippen MR) is 132 cm³/mol. The molecule has 0 amide bonds. The molecule has 6 nitrogen and oxygen atoms in total. The fourth-order valence-electron chi connectivity index (χ4n) is 5.02. The second kappa shape index (κ2) is 8.09. The van der Waals surface area contributed by atoms with Crippen LogP contribution in [0.25, 0.3) is 33.5 Å². The Kier molecular flexibility index (Phi) is 4.90. The van der Waals surface area contributed by atoms with Gasteiger partial charge in [-0.05, 0) is 67.3 Å². The summed E-state index contributed by atoms with van der Waals surface area (Å²) in [5, 5.41) is 4.29. The number of benzene rings is 2. The third-order valence-electron chi connectivity index (χ3n) is 6.62. The number of nitrogens with zero attached hydrogens (tertiary/aromatic N) is 5. The molecule has 170 valence electrons. The number of hydrogen-bond acceptors (Lipinski definition) is 4. The van der Waals surface area contributed by atoms with Crippen molar-refractivity contribution in [2.75, 3.05) is 12.4 Å². The molecule has 0 spiro atoms. The van der Waals surface area contributed by atoms with Gasteiger partial charge in [-0.25, -0.2) is 19.3 Å². The fourth-order valence-corrected chi connectivity index (χ4v) is 5.02. The van der Waals surface area contributed by atoms with Crippen molar-refractivity contribution in [1.29, 1.82) is 0 Å². The Bertz CT molecular complexity index is 1500. The van der Waals surface area contributed by atoms with Gasteiger partial charge >= 0.3 is 0 Å².